The molecule has 0 bridgehead atoms. The van der Waals surface area contributed by atoms with E-state index in [4.69, 9.17) is 4.74 Å². The number of piperidine rings is 1. The summed E-state index contributed by atoms with van der Waals surface area (Å²) in [5.74, 6) is 1.21. The van der Waals surface area contributed by atoms with E-state index < -0.39 is 0 Å². The zero-order valence-electron chi connectivity index (χ0n) is 12.6. The van der Waals surface area contributed by atoms with Crippen molar-refractivity contribution < 1.29 is 9.53 Å². The number of hydrogen-bond acceptors (Lipinski definition) is 3. The summed E-state index contributed by atoms with van der Waals surface area (Å²) in [4.78, 5) is 14.7. The zero-order chi connectivity index (χ0) is 13.9. The van der Waals surface area contributed by atoms with Crippen LogP contribution in [0.15, 0.2) is 18.2 Å². The van der Waals surface area contributed by atoms with Crippen molar-refractivity contribution in [2.75, 3.05) is 19.6 Å². The number of ether oxygens (including phenoxy) is 1. The van der Waals surface area contributed by atoms with Gasteiger partial charge in [-0.15, -0.1) is 12.4 Å². The van der Waals surface area contributed by atoms with Crippen molar-refractivity contribution in [3.63, 3.8) is 0 Å². The van der Waals surface area contributed by atoms with E-state index in [2.05, 4.69) is 11.8 Å². The number of Topliss-reactive ketones (excluding diaryl/α,β-unsaturated/α-hetero) is 1. The molecule has 0 aliphatic carbocycles. The van der Waals surface area contributed by atoms with Gasteiger partial charge in [-0.05, 0) is 56.6 Å². The van der Waals surface area contributed by atoms with Crippen LogP contribution in [0.4, 0.5) is 0 Å². The SMILES string of the molecule is CC1Cc2cc(C(=O)CCN3CCCCC3)ccc2O1.Cl. The highest BCUT2D eigenvalue weighted by atomic mass is 35.5. The first-order valence-corrected chi connectivity index (χ1v) is 7.77. The van der Waals surface area contributed by atoms with Gasteiger partial charge in [0.15, 0.2) is 5.78 Å². The topological polar surface area (TPSA) is 29.5 Å². The molecule has 1 atom stereocenters. The predicted molar refractivity (Wildman–Crippen MR) is 86.7 cm³/mol. The number of nitrogens with zero attached hydrogens (tertiary/aromatic N) is 1. The van der Waals surface area contributed by atoms with Crippen LogP contribution in [0, 0.1) is 0 Å². The second-order valence-corrected chi connectivity index (χ2v) is 6.03. The van der Waals surface area contributed by atoms with Gasteiger partial charge >= 0.3 is 0 Å². The Morgan fingerprint density at radius 2 is 2.05 bits per heavy atom. The van der Waals surface area contributed by atoms with Crippen LogP contribution >= 0.6 is 12.4 Å². The molecule has 1 saturated heterocycles. The number of benzene rings is 1. The zero-order valence-corrected chi connectivity index (χ0v) is 13.5. The summed E-state index contributed by atoms with van der Waals surface area (Å²) in [6, 6.07) is 5.89. The number of rotatable bonds is 4. The maximum atomic E-state index is 12.3. The Bertz CT molecular complexity index is 498. The molecule has 3 rings (SSSR count). The van der Waals surface area contributed by atoms with Crippen LogP contribution in [0.3, 0.4) is 0 Å². The number of likely N-dealkylation sites (tertiary alicyclic amines) is 1. The standard InChI is InChI=1S/C17H23NO2.ClH/c1-13-11-15-12-14(5-6-17(15)20-13)16(19)7-10-18-8-3-2-4-9-18;/h5-6,12-13H,2-4,7-11H2,1H3;1H. The Kier molecular flexibility index (Phi) is 5.65. The van der Waals surface area contributed by atoms with Gasteiger partial charge in [0.25, 0.3) is 0 Å². The molecule has 2 heterocycles. The maximum Gasteiger partial charge on any atom is 0.164 e. The van der Waals surface area contributed by atoms with Crippen molar-refractivity contribution in [3.8, 4) is 5.75 Å². The minimum atomic E-state index is 0. The second-order valence-electron chi connectivity index (χ2n) is 6.03. The molecule has 2 aliphatic rings. The largest absolute Gasteiger partial charge is 0.490 e. The number of carbonyl (C=O) groups is 1. The lowest BCUT2D eigenvalue weighted by Gasteiger charge is -2.25. The molecule has 1 aromatic rings. The summed E-state index contributed by atoms with van der Waals surface area (Å²) in [6.07, 6.45) is 5.69. The molecular formula is C17H24ClNO2. The average Bonchev–Trinajstić information content (AvgIpc) is 2.85. The van der Waals surface area contributed by atoms with Gasteiger partial charge in [0, 0.05) is 24.9 Å². The van der Waals surface area contributed by atoms with Crippen molar-refractivity contribution >= 4 is 18.2 Å². The molecule has 3 nitrogen and oxygen atoms in total. The van der Waals surface area contributed by atoms with Crippen LogP contribution in [-0.2, 0) is 6.42 Å². The molecular weight excluding hydrogens is 286 g/mol. The number of fused-ring (bicyclic) bond motifs is 1. The third-order valence-corrected chi connectivity index (χ3v) is 4.32. The van der Waals surface area contributed by atoms with Crippen LogP contribution in [0.25, 0.3) is 0 Å². The molecule has 4 heteroatoms. The molecule has 2 aliphatic heterocycles. The lowest BCUT2D eigenvalue weighted by molar-refractivity contribution is 0.0958. The van der Waals surface area contributed by atoms with Gasteiger partial charge in [0.2, 0.25) is 0 Å². The van der Waals surface area contributed by atoms with Crippen LogP contribution in [0.5, 0.6) is 5.75 Å². The molecule has 0 N–H and O–H groups in total. The fourth-order valence-electron chi connectivity index (χ4n) is 3.18. The Morgan fingerprint density at radius 1 is 1.29 bits per heavy atom. The number of hydrogen-bond donors (Lipinski definition) is 0. The Morgan fingerprint density at radius 3 is 2.81 bits per heavy atom. The normalized spacial score (nSPS) is 21.3. The van der Waals surface area contributed by atoms with E-state index in [1.54, 1.807) is 0 Å². The van der Waals surface area contributed by atoms with Crippen LogP contribution in [0.1, 0.15) is 48.5 Å². The van der Waals surface area contributed by atoms with Crippen LogP contribution in [-0.4, -0.2) is 36.4 Å². The maximum absolute atomic E-state index is 12.3. The van der Waals surface area contributed by atoms with E-state index in [0.29, 0.717) is 6.42 Å². The third kappa shape index (κ3) is 3.98. The van der Waals surface area contributed by atoms with E-state index in [0.717, 1.165) is 37.4 Å². The first-order chi connectivity index (χ1) is 9.72. The predicted octanol–water partition coefficient (Wildman–Crippen LogP) is 3.49. The quantitative estimate of drug-likeness (QED) is 0.797. The molecule has 0 saturated carbocycles. The lowest BCUT2D eigenvalue weighted by atomic mass is 10.0. The molecule has 0 amide bonds. The third-order valence-electron chi connectivity index (χ3n) is 4.32. The highest BCUT2D eigenvalue weighted by Crippen LogP contribution is 2.29. The molecule has 0 radical (unpaired) electrons. The highest BCUT2D eigenvalue weighted by molar-refractivity contribution is 5.96. The van der Waals surface area contributed by atoms with Crippen molar-refractivity contribution in [1.29, 1.82) is 0 Å². The van der Waals surface area contributed by atoms with E-state index in [1.165, 1.54) is 24.8 Å². The molecule has 116 valence electrons. The average molecular weight is 310 g/mol. The number of ketones is 1. The second kappa shape index (κ2) is 7.28. The van der Waals surface area contributed by atoms with Crippen LogP contribution < -0.4 is 4.74 Å². The van der Waals surface area contributed by atoms with Crippen LogP contribution in [0.2, 0.25) is 0 Å². The monoisotopic (exact) mass is 309 g/mol. The first kappa shape index (κ1) is 16.3. The molecule has 0 spiro atoms. The van der Waals surface area contributed by atoms with Gasteiger partial charge in [0.05, 0.1) is 0 Å². The van der Waals surface area contributed by atoms with Gasteiger partial charge in [-0.25, -0.2) is 0 Å². The summed E-state index contributed by atoms with van der Waals surface area (Å²) < 4.78 is 5.68. The summed E-state index contributed by atoms with van der Waals surface area (Å²) in [5.41, 5.74) is 2.03. The van der Waals surface area contributed by atoms with E-state index >= 15 is 0 Å². The summed E-state index contributed by atoms with van der Waals surface area (Å²) in [5, 5.41) is 0. The van der Waals surface area contributed by atoms with E-state index in [-0.39, 0.29) is 24.3 Å². The minimum absolute atomic E-state index is 0. The Labute approximate surface area is 133 Å². The Hall–Kier alpha value is -1.06. The highest BCUT2D eigenvalue weighted by Gasteiger charge is 2.20. The molecule has 1 fully saturated rings. The van der Waals surface area contributed by atoms with Crippen molar-refractivity contribution in [3.05, 3.63) is 29.3 Å². The van der Waals surface area contributed by atoms with Gasteiger partial charge in [0.1, 0.15) is 11.9 Å². The van der Waals surface area contributed by atoms with Crippen molar-refractivity contribution in [1.82, 2.24) is 4.90 Å². The summed E-state index contributed by atoms with van der Waals surface area (Å²) in [7, 11) is 0. The minimum Gasteiger partial charge on any atom is -0.490 e. The van der Waals surface area contributed by atoms with E-state index in [1.807, 2.05) is 18.2 Å². The molecule has 1 aromatic carbocycles. The van der Waals surface area contributed by atoms with E-state index in [9.17, 15) is 4.79 Å². The fourth-order valence-corrected chi connectivity index (χ4v) is 3.18. The number of halogens is 1. The lowest BCUT2D eigenvalue weighted by Crippen LogP contribution is -2.31. The molecule has 1 unspecified atom stereocenters. The van der Waals surface area contributed by atoms with Gasteiger partial charge in [-0.1, -0.05) is 6.42 Å². The smallest absolute Gasteiger partial charge is 0.164 e. The van der Waals surface area contributed by atoms with Crippen molar-refractivity contribution in [2.24, 2.45) is 0 Å². The summed E-state index contributed by atoms with van der Waals surface area (Å²) in [6.45, 7) is 5.28. The molecule has 21 heavy (non-hydrogen) atoms. The van der Waals surface area contributed by atoms with Gasteiger partial charge < -0.3 is 9.64 Å². The summed E-state index contributed by atoms with van der Waals surface area (Å²) >= 11 is 0. The Balaban J connectivity index is 0.00000161. The van der Waals surface area contributed by atoms with Gasteiger partial charge in [-0.3, -0.25) is 4.79 Å². The first-order valence-electron chi connectivity index (χ1n) is 7.77. The fraction of sp³-hybridized carbons (Fsp3) is 0.588. The van der Waals surface area contributed by atoms with Crippen molar-refractivity contribution in [2.45, 2.75) is 45.1 Å². The number of carbonyl (C=O) groups excluding carboxylic acids is 1. The van der Waals surface area contributed by atoms with Gasteiger partial charge in [-0.2, -0.15) is 0 Å². The molecule has 0 aromatic heterocycles.